The fraction of sp³-hybridized carbons (Fsp3) is 0.182. The number of carbonyl (C=O) groups is 1. The van der Waals surface area contributed by atoms with Gasteiger partial charge in [-0.25, -0.2) is 9.18 Å². The first-order valence-electron chi connectivity index (χ1n) is 9.74. The third kappa shape index (κ3) is 4.91. The lowest BCUT2D eigenvalue weighted by atomic mass is 10.1. The minimum absolute atomic E-state index is 0.0120. The SMILES string of the molecule is CC(C)(C)n1cc(NC(=O)Nc2ccc(Oc3ccnc(-c4cnoc4)c3)cc2F)cn1. The number of amides is 2. The van der Waals surface area contributed by atoms with Crippen LogP contribution in [0, 0.1) is 5.82 Å². The summed E-state index contributed by atoms with van der Waals surface area (Å²) in [5.74, 6) is 0.0867. The molecule has 164 valence electrons. The van der Waals surface area contributed by atoms with E-state index in [1.165, 1.54) is 30.8 Å². The number of nitrogens with one attached hydrogen (secondary N) is 2. The second-order valence-corrected chi connectivity index (χ2v) is 7.96. The topological polar surface area (TPSA) is 107 Å². The minimum atomic E-state index is -0.642. The molecule has 0 unspecified atom stereocenters. The largest absolute Gasteiger partial charge is 0.457 e. The van der Waals surface area contributed by atoms with Gasteiger partial charge in [-0.1, -0.05) is 5.16 Å². The molecule has 2 N–H and O–H groups in total. The Morgan fingerprint density at radius 1 is 1.12 bits per heavy atom. The number of carbonyl (C=O) groups excluding carboxylic acids is 1. The summed E-state index contributed by atoms with van der Waals surface area (Å²) < 4.78 is 26.8. The van der Waals surface area contributed by atoms with Crippen LogP contribution in [-0.4, -0.2) is 26.0 Å². The highest BCUT2D eigenvalue weighted by molar-refractivity contribution is 5.99. The number of hydrogen-bond donors (Lipinski definition) is 2. The fourth-order valence-corrected chi connectivity index (χ4v) is 2.80. The van der Waals surface area contributed by atoms with Crippen LogP contribution < -0.4 is 15.4 Å². The van der Waals surface area contributed by atoms with Gasteiger partial charge in [-0.2, -0.15) is 5.10 Å². The Kier molecular flexibility index (Phi) is 5.59. The number of ether oxygens (including phenoxy) is 1. The van der Waals surface area contributed by atoms with Crippen molar-refractivity contribution >= 4 is 17.4 Å². The number of pyridine rings is 1. The van der Waals surface area contributed by atoms with Crippen LogP contribution in [-0.2, 0) is 5.54 Å². The standard InChI is InChI=1S/C22H21FN6O3/c1-22(2,3)29-12-15(11-25-29)27-21(30)28-19-5-4-16(8-18(19)23)32-17-6-7-24-20(9-17)14-10-26-31-13-14/h4-13H,1-3H3,(H2,27,28,30). The highest BCUT2D eigenvalue weighted by Gasteiger charge is 2.15. The lowest BCUT2D eigenvalue weighted by Crippen LogP contribution is -2.22. The van der Waals surface area contributed by atoms with Crippen molar-refractivity contribution in [1.82, 2.24) is 19.9 Å². The van der Waals surface area contributed by atoms with Crippen molar-refractivity contribution in [2.75, 3.05) is 10.6 Å². The van der Waals surface area contributed by atoms with Crippen LogP contribution in [0.15, 0.2) is 65.9 Å². The van der Waals surface area contributed by atoms with Gasteiger partial charge < -0.3 is 19.9 Å². The molecule has 32 heavy (non-hydrogen) atoms. The Morgan fingerprint density at radius 2 is 1.94 bits per heavy atom. The van der Waals surface area contributed by atoms with Crippen LogP contribution in [0.1, 0.15) is 20.8 Å². The summed E-state index contributed by atoms with van der Waals surface area (Å²) in [4.78, 5) is 16.5. The monoisotopic (exact) mass is 436 g/mol. The van der Waals surface area contributed by atoms with Crippen LogP contribution in [0.4, 0.5) is 20.6 Å². The van der Waals surface area contributed by atoms with Gasteiger partial charge in [0.05, 0.1) is 40.6 Å². The summed E-state index contributed by atoms with van der Waals surface area (Å²) in [5, 5.41) is 13.0. The summed E-state index contributed by atoms with van der Waals surface area (Å²) in [7, 11) is 0. The quantitative estimate of drug-likeness (QED) is 0.442. The van der Waals surface area contributed by atoms with E-state index in [4.69, 9.17) is 9.26 Å². The number of urea groups is 1. The molecule has 0 bridgehead atoms. The zero-order valence-electron chi connectivity index (χ0n) is 17.7. The van der Waals surface area contributed by atoms with Crippen LogP contribution >= 0.6 is 0 Å². The predicted molar refractivity (Wildman–Crippen MR) is 116 cm³/mol. The maximum absolute atomic E-state index is 14.5. The third-order valence-electron chi connectivity index (χ3n) is 4.41. The van der Waals surface area contributed by atoms with E-state index in [2.05, 4.69) is 25.9 Å². The average Bonchev–Trinajstić information content (AvgIpc) is 3.42. The molecule has 0 aliphatic rings. The van der Waals surface area contributed by atoms with E-state index in [-0.39, 0.29) is 17.0 Å². The maximum Gasteiger partial charge on any atom is 0.323 e. The molecular formula is C22H21FN6O3. The molecule has 3 aromatic heterocycles. The molecule has 0 saturated heterocycles. The van der Waals surface area contributed by atoms with Crippen molar-refractivity contribution in [3.63, 3.8) is 0 Å². The van der Waals surface area contributed by atoms with E-state index in [1.54, 1.807) is 35.3 Å². The van der Waals surface area contributed by atoms with Crippen molar-refractivity contribution < 1.29 is 18.4 Å². The Balaban J connectivity index is 1.41. The molecule has 2 amide bonds. The summed E-state index contributed by atoms with van der Waals surface area (Å²) in [6, 6.07) is 6.90. The van der Waals surface area contributed by atoms with Gasteiger partial charge in [-0.15, -0.1) is 0 Å². The van der Waals surface area contributed by atoms with E-state index in [0.29, 0.717) is 22.7 Å². The molecule has 9 nitrogen and oxygen atoms in total. The normalized spacial score (nSPS) is 11.2. The van der Waals surface area contributed by atoms with Crippen molar-refractivity contribution in [1.29, 1.82) is 0 Å². The first kappa shape index (κ1) is 21.0. The number of nitrogens with zero attached hydrogens (tertiary/aromatic N) is 4. The fourth-order valence-electron chi connectivity index (χ4n) is 2.80. The molecule has 0 aliphatic carbocycles. The van der Waals surface area contributed by atoms with Gasteiger partial charge in [0.2, 0.25) is 0 Å². The molecular weight excluding hydrogens is 415 g/mol. The van der Waals surface area contributed by atoms with Crippen molar-refractivity contribution in [2.24, 2.45) is 0 Å². The highest BCUT2D eigenvalue weighted by atomic mass is 19.1. The summed E-state index contributed by atoms with van der Waals surface area (Å²) in [6.45, 7) is 5.97. The summed E-state index contributed by atoms with van der Waals surface area (Å²) in [6.07, 6.45) is 7.79. The molecule has 0 fully saturated rings. The second kappa shape index (κ2) is 8.50. The molecule has 10 heteroatoms. The van der Waals surface area contributed by atoms with E-state index >= 15 is 0 Å². The van der Waals surface area contributed by atoms with Crippen molar-refractivity contribution in [3.05, 3.63) is 67.2 Å². The number of anilines is 2. The molecule has 4 rings (SSSR count). The average molecular weight is 436 g/mol. The highest BCUT2D eigenvalue weighted by Crippen LogP contribution is 2.28. The Labute approximate surface area is 183 Å². The zero-order chi connectivity index (χ0) is 22.7. The summed E-state index contributed by atoms with van der Waals surface area (Å²) >= 11 is 0. The number of rotatable bonds is 5. The van der Waals surface area contributed by atoms with Crippen molar-refractivity contribution in [2.45, 2.75) is 26.3 Å². The van der Waals surface area contributed by atoms with Crippen molar-refractivity contribution in [3.8, 4) is 22.8 Å². The molecule has 0 spiro atoms. The Hall–Kier alpha value is -4.21. The van der Waals surface area contributed by atoms with Crippen LogP contribution in [0.25, 0.3) is 11.3 Å². The molecule has 1 aromatic carbocycles. The molecule has 0 saturated carbocycles. The third-order valence-corrected chi connectivity index (χ3v) is 4.41. The predicted octanol–water partition coefficient (Wildman–Crippen LogP) is 5.26. The minimum Gasteiger partial charge on any atom is -0.457 e. The first-order chi connectivity index (χ1) is 15.3. The van der Waals surface area contributed by atoms with Gasteiger partial charge in [0.25, 0.3) is 0 Å². The van der Waals surface area contributed by atoms with Gasteiger partial charge in [-0.05, 0) is 39.0 Å². The molecule has 0 aliphatic heterocycles. The van der Waals surface area contributed by atoms with Gasteiger partial charge in [0, 0.05) is 24.5 Å². The molecule has 0 radical (unpaired) electrons. The van der Waals surface area contributed by atoms with Gasteiger partial charge in [0.1, 0.15) is 23.6 Å². The molecule has 3 heterocycles. The number of aromatic nitrogens is 4. The van der Waals surface area contributed by atoms with E-state index < -0.39 is 11.8 Å². The molecule has 0 atom stereocenters. The lowest BCUT2D eigenvalue weighted by Gasteiger charge is -2.18. The number of hydrogen-bond acceptors (Lipinski definition) is 6. The zero-order valence-corrected chi connectivity index (χ0v) is 17.7. The van der Waals surface area contributed by atoms with Gasteiger partial charge in [-0.3, -0.25) is 9.67 Å². The van der Waals surface area contributed by atoms with Crippen LogP contribution in [0.2, 0.25) is 0 Å². The maximum atomic E-state index is 14.5. The van der Waals surface area contributed by atoms with Crippen LogP contribution in [0.5, 0.6) is 11.5 Å². The number of benzene rings is 1. The van der Waals surface area contributed by atoms with E-state index in [1.807, 2.05) is 20.8 Å². The second-order valence-electron chi connectivity index (χ2n) is 7.96. The lowest BCUT2D eigenvalue weighted by molar-refractivity contribution is 0.262. The van der Waals surface area contributed by atoms with E-state index in [0.717, 1.165) is 0 Å². The van der Waals surface area contributed by atoms with E-state index in [9.17, 15) is 9.18 Å². The first-order valence-corrected chi connectivity index (χ1v) is 9.74. The van der Waals surface area contributed by atoms with Gasteiger partial charge >= 0.3 is 6.03 Å². The Bertz CT molecular complexity index is 1230. The summed E-state index contributed by atoms with van der Waals surface area (Å²) in [5.41, 5.74) is 1.59. The smallest absolute Gasteiger partial charge is 0.323 e. The van der Waals surface area contributed by atoms with Gasteiger partial charge in [0.15, 0.2) is 0 Å². The van der Waals surface area contributed by atoms with Crippen LogP contribution in [0.3, 0.4) is 0 Å². The Morgan fingerprint density at radius 3 is 2.62 bits per heavy atom. The molecule has 4 aromatic rings. The number of halogens is 1.